The number of nitrogens with two attached hydrogens (primary N) is 1. The number of aromatic amines is 1. The monoisotopic (exact) mass is 237 g/mol. The Morgan fingerprint density at radius 3 is 2.94 bits per heavy atom. The molecule has 0 aromatic carbocycles. The third-order valence-corrected chi connectivity index (χ3v) is 3.11. The topological polar surface area (TPSA) is 80.5 Å². The number of nitrogens with one attached hydrogen (secondary N) is 1. The Labute approximate surface area is 98.1 Å². The van der Waals surface area contributed by atoms with Gasteiger partial charge in [-0.15, -0.1) is 11.3 Å². The zero-order chi connectivity index (χ0) is 11.5. The van der Waals surface area contributed by atoms with E-state index in [1.54, 1.807) is 0 Å². The molecule has 0 aliphatic rings. The smallest absolute Gasteiger partial charge is 0.184 e. The fourth-order valence-electron chi connectivity index (χ4n) is 1.50. The third kappa shape index (κ3) is 2.45. The molecule has 0 aliphatic heterocycles. The van der Waals surface area contributed by atoms with E-state index < -0.39 is 0 Å². The minimum Gasteiger partial charge on any atom is -0.323 e. The fourth-order valence-corrected chi connectivity index (χ4v) is 2.33. The molecule has 1 atom stereocenters. The Morgan fingerprint density at radius 1 is 1.50 bits per heavy atom. The lowest BCUT2D eigenvalue weighted by atomic mass is 10.0. The second kappa shape index (κ2) is 4.71. The average Bonchev–Trinajstić information content (AvgIpc) is 2.87. The number of rotatable bonds is 4. The largest absolute Gasteiger partial charge is 0.323 e. The van der Waals surface area contributed by atoms with Gasteiger partial charge in [0.25, 0.3) is 0 Å². The van der Waals surface area contributed by atoms with Crippen LogP contribution in [0, 0.1) is 5.92 Å². The van der Waals surface area contributed by atoms with Crippen LogP contribution in [0.5, 0.6) is 0 Å². The highest BCUT2D eigenvalue weighted by molar-refractivity contribution is 7.13. The van der Waals surface area contributed by atoms with Gasteiger partial charge in [-0.05, 0) is 12.3 Å². The lowest BCUT2D eigenvalue weighted by Crippen LogP contribution is -2.13. The van der Waals surface area contributed by atoms with E-state index in [4.69, 9.17) is 5.73 Å². The second-order valence-electron chi connectivity index (χ2n) is 4.15. The van der Waals surface area contributed by atoms with Crippen molar-refractivity contribution >= 4 is 11.3 Å². The summed E-state index contributed by atoms with van der Waals surface area (Å²) >= 11 is 1.54. The molecule has 0 radical (unpaired) electrons. The Morgan fingerprint density at radius 2 is 2.31 bits per heavy atom. The molecule has 0 saturated carbocycles. The summed E-state index contributed by atoms with van der Waals surface area (Å²) in [5, 5.41) is 9.42. The van der Waals surface area contributed by atoms with Gasteiger partial charge in [-0.1, -0.05) is 13.8 Å². The molecule has 0 amide bonds. The van der Waals surface area contributed by atoms with Crippen molar-refractivity contribution < 1.29 is 0 Å². The molecule has 1 unspecified atom stereocenters. The van der Waals surface area contributed by atoms with E-state index in [0.29, 0.717) is 11.7 Å². The molecule has 86 valence electrons. The number of aromatic nitrogens is 4. The lowest BCUT2D eigenvalue weighted by Gasteiger charge is -2.10. The zero-order valence-electron chi connectivity index (χ0n) is 9.34. The molecule has 6 heteroatoms. The summed E-state index contributed by atoms with van der Waals surface area (Å²) in [6.07, 6.45) is 2.42. The number of nitrogens with zero attached hydrogens (tertiary/aromatic N) is 3. The predicted molar refractivity (Wildman–Crippen MR) is 63.9 cm³/mol. The molecule has 2 rings (SSSR count). The van der Waals surface area contributed by atoms with Crippen molar-refractivity contribution in [2.24, 2.45) is 11.7 Å². The molecule has 16 heavy (non-hydrogen) atoms. The van der Waals surface area contributed by atoms with E-state index in [0.717, 1.165) is 17.1 Å². The van der Waals surface area contributed by atoms with Crippen LogP contribution in [-0.2, 0) is 0 Å². The summed E-state index contributed by atoms with van der Waals surface area (Å²) in [7, 11) is 0. The summed E-state index contributed by atoms with van der Waals surface area (Å²) in [5.41, 5.74) is 7.00. The Hall–Kier alpha value is -1.27. The van der Waals surface area contributed by atoms with Crippen LogP contribution in [0.2, 0.25) is 0 Å². The van der Waals surface area contributed by atoms with Crippen LogP contribution in [0.3, 0.4) is 0 Å². The van der Waals surface area contributed by atoms with Crippen molar-refractivity contribution in [1.82, 2.24) is 20.2 Å². The predicted octanol–water partition coefficient (Wildman–Crippen LogP) is 1.97. The van der Waals surface area contributed by atoms with Gasteiger partial charge in [-0.3, -0.25) is 5.10 Å². The van der Waals surface area contributed by atoms with Crippen LogP contribution in [0.4, 0.5) is 0 Å². The highest BCUT2D eigenvalue weighted by Gasteiger charge is 2.13. The molecule has 3 N–H and O–H groups in total. The van der Waals surface area contributed by atoms with E-state index in [-0.39, 0.29) is 6.04 Å². The Balaban J connectivity index is 2.13. The summed E-state index contributed by atoms with van der Waals surface area (Å²) in [4.78, 5) is 8.53. The van der Waals surface area contributed by atoms with Crippen LogP contribution < -0.4 is 5.73 Å². The zero-order valence-corrected chi connectivity index (χ0v) is 10.2. The minimum atomic E-state index is 0.00733. The Kier molecular flexibility index (Phi) is 3.31. The van der Waals surface area contributed by atoms with Crippen molar-refractivity contribution in [2.75, 3.05) is 0 Å². The quantitative estimate of drug-likeness (QED) is 0.852. The van der Waals surface area contributed by atoms with Crippen LogP contribution in [-0.4, -0.2) is 20.2 Å². The molecule has 0 spiro atoms. The van der Waals surface area contributed by atoms with Crippen LogP contribution in [0.1, 0.15) is 32.0 Å². The first kappa shape index (κ1) is 11.2. The Bertz CT molecular complexity index is 434. The molecule has 2 aromatic heterocycles. The molecule has 0 saturated heterocycles. The molecule has 0 fully saturated rings. The molecule has 0 aliphatic carbocycles. The minimum absolute atomic E-state index is 0.00733. The van der Waals surface area contributed by atoms with E-state index in [1.165, 1.54) is 17.7 Å². The van der Waals surface area contributed by atoms with Crippen molar-refractivity contribution in [3.63, 3.8) is 0 Å². The summed E-state index contributed by atoms with van der Waals surface area (Å²) in [6.45, 7) is 4.31. The summed E-state index contributed by atoms with van der Waals surface area (Å²) in [5.74, 6) is 1.28. The van der Waals surface area contributed by atoms with Crippen molar-refractivity contribution in [1.29, 1.82) is 0 Å². The maximum absolute atomic E-state index is 6.06. The number of hydrogen-bond acceptors (Lipinski definition) is 5. The summed E-state index contributed by atoms with van der Waals surface area (Å²) in [6, 6.07) is 0.00733. The van der Waals surface area contributed by atoms with Crippen LogP contribution in [0.25, 0.3) is 10.8 Å². The van der Waals surface area contributed by atoms with Gasteiger partial charge in [-0.25, -0.2) is 9.97 Å². The third-order valence-electron chi connectivity index (χ3n) is 2.24. The lowest BCUT2D eigenvalue weighted by molar-refractivity contribution is 0.504. The molecule has 2 heterocycles. The van der Waals surface area contributed by atoms with Gasteiger partial charge >= 0.3 is 0 Å². The van der Waals surface area contributed by atoms with Gasteiger partial charge in [0.05, 0.1) is 5.69 Å². The van der Waals surface area contributed by atoms with Gasteiger partial charge in [0.2, 0.25) is 0 Å². The number of H-pyrrole nitrogens is 1. The standard InChI is InChI=1S/C10H15N5S/c1-6(2)3-7(11)8-4-16-10(14-8)9-12-5-13-15-9/h4-7H,3,11H2,1-2H3,(H,12,13,15). The molecule has 0 bridgehead atoms. The van der Waals surface area contributed by atoms with Gasteiger partial charge in [0.1, 0.15) is 6.33 Å². The van der Waals surface area contributed by atoms with Crippen molar-refractivity contribution in [3.05, 3.63) is 17.4 Å². The highest BCUT2D eigenvalue weighted by atomic mass is 32.1. The second-order valence-corrected chi connectivity index (χ2v) is 5.01. The maximum atomic E-state index is 6.06. The highest BCUT2D eigenvalue weighted by Crippen LogP contribution is 2.25. The SMILES string of the molecule is CC(C)CC(N)c1csc(-c2ncn[nH]2)n1. The fraction of sp³-hybridized carbons (Fsp3) is 0.500. The van der Waals surface area contributed by atoms with E-state index in [2.05, 4.69) is 34.0 Å². The molecule has 2 aromatic rings. The summed E-state index contributed by atoms with van der Waals surface area (Å²) < 4.78 is 0. The van der Waals surface area contributed by atoms with Crippen LogP contribution >= 0.6 is 11.3 Å². The van der Waals surface area contributed by atoms with Gasteiger partial charge in [0, 0.05) is 11.4 Å². The van der Waals surface area contributed by atoms with Gasteiger partial charge in [-0.2, -0.15) is 5.10 Å². The molecule has 5 nitrogen and oxygen atoms in total. The van der Waals surface area contributed by atoms with E-state index in [9.17, 15) is 0 Å². The van der Waals surface area contributed by atoms with Gasteiger partial charge < -0.3 is 5.73 Å². The van der Waals surface area contributed by atoms with Crippen molar-refractivity contribution in [3.8, 4) is 10.8 Å². The van der Waals surface area contributed by atoms with Crippen LogP contribution in [0.15, 0.2) is 11.7 Å². The first-order valence-corrected chi connectivity index (χ1v) is 6.11. The number of hydrogen-bond donors (Lipinski definition) is 2. The first-order chi connectivity index (χ1) is 7.66. The average molecular weight is 237 g/mol. The molecular weight excluding hydrogens is 222 g/mol. The van der Waals surface area contributed by atoms with Gasteiger partial charge in [0.15, 0.2) is 10.8 Å². The van der Waals surface area contributed by atoms with E-state index in [1.807, 2.05) is 5.38 Å². The number of thiazole rings is 1. The normalized spacial score (nSPS) is 13.2. The molecular formula is C10H15N5S. The van der Waals surface area contributed by atoms with Crippen molar-refractivity contribution in [2.45, 2.75) is 26.3 Å². The maximum Gasteiger partial charge on any atom is 0.184 e. The first-order valence-electron chi connectivity index (χ1n) is 5.23. The van der Waals surface area contributed by atoms with E-state index >= 15 is 0 Å².